The molecule has 1 aromatic carbocycles. The maximum Gasteiger partial charge on any atom is 0.220 e. The van der Waals surface area contributed by atoms with Crippen LogP contribution in [-0.2, 0) is 4.79 Å². The summed E-state index contributed by atoms with van der Waals surface area (Å²) in [5, 5.41) is 0.777. The maximum absolute atomic E-state index is 11.6. The highest BCUT2D eigenvalue weighted by molar-refractivity contribution is 6.31. The van der Waals surface area contributed by atoms with Crippen LogP contribution in [0.5, 0.6) is 0 Å². The summed E-state index contributed by atoms with van der Waals surface area (Å²) in [6, 6.07) is 8.13. The predicted molar refractivity (Wildman–Crippen MR) is 82.5 cm³/mol. The lowest BCUT2D eigenvalue weighted by atomic mass is 9.67. The van der Waals surface area contributed by atoms with E-state index in [1.807, 2.05) is 18.2 Å². The van der Waals surface area contributed by atoms with Crippen molar-refractivity contribution in [1.29, 1.82) is 0 Å². The predicted octanol–water partition coefficient (Wildman–Crippen LogP) is 3.23. The lowest BCUT2D eigenvalue weighted by Gasteiger charge is -2.45. The molecule has 0 spiro atoms. The number of nitrogens with zero attached hydrogens (tertiary/aromatic N) is 1. The van der Waals surface area contributed by atoms with Crippen molar-refractivity contribution < 1.29 is 4.79 Å². The molecule has 2 rings (SSSR count). The number of halogens is 1. The molecule has 3 nitrogen and oxygen atoms in total. The largest absolute Gasteiger partial charge is 0.369 e. The molecule has 110 valence electrons. The van der Waals surface area contributed by atoms with E-state index in [9.17, 15) is 4.79 Å². The van der Waals surface area contributed by atoms with E-state index in [1.54, 1.807) is 0 Å². The van der Waals surface area contributed by atoms with E-state index in [0.717, 1.165) is 36.5 Å². The van der Waals surface area contributed by atoms with Gasteiger partial charge in [0.1, 0.15) is 0 Å². The van der Waals surface area contributed by atoms with Gasteiger partial charge in [0, 0.05) is 17.0 Å². The van der Waals surface area contributed by atoms with Gasteiger partial charge in [-0.3, -0.25) is 9.69 Å². The Morgan fingerprint density at radius 2 is 2.00 bits per heavy atom. The number of hydrogen-bond acceptors (Lipinski definition) is 2. The summed E-state index contributed by atoms with van der Waals surface area (Å²) < 4.78 is 0. The van der Waals surface area contributed by atoms with Crippen LogP contribution in [0.2, 0.25) is 5.02 Å². The Bertz CT molecular complexity index is 473. The standard InChI is InChI=1S/C16H23ClN2O/c1-3-19(4-2)15(11-9-10-12(11)16(18)20)13-7-5-6-8-14(13)17/h5-8,11-12,15H,3-4,9-10H2,1-2H3,(H2,18,20). The van der Waals surface area contributed by atoms with Gasteiger partial charge in [-0.25, -0.2) is 0 Å². The second-order valence-electron chi connectivity index (χ2n) is 5.44. The Balaban J connectivity index is 2.35. The summed E-state index contributed by atoms with van der Waals surface area (Å²) in [5.41, 5.74) is 6.65. The van der Waals surface area contributed by atoms with Crippen LogP contribution in [-0.4, -0.2) is 23.9 Å². The van der Waals surface area contributed by atoms with E-state index in [-0.39, 0.29) is 23.8 Å². The average Bonchev–Trinajstić information content (AvgIpc) is 2.37. The van der Waals surface area contributed by atoms with Gasteiger partial charge in [-0.15, -0.1) is 0 Å². The Hall–Kier alpha value is -1.06. The molecule has 1 aliphatic carbocycles. The van der Waals surface area contributed by atoms with Crippen molar-refractivity contribution in [2.45, 2.75) is 32.7 Å². The fraction of sp³-hybridized carbons (Fsp3) is 0.562. The highest BCUT2D eigenvalue weighted by Gasteiger charge is 2.43. The van der Waals surface area contributed by atoms with Crippen molar-refractivity contribution in [2.75, 3.05) is 13.1 Å². The van der Waals surface area contributed by atoms with Crippen LogP contribution < -0.4 is 5.73 Å². The summed E-state index contributed by atoms with van der Waals surface area (Å²) in [6.07, 6.45) is 1.95. The maximum atomic E-state index is 11.6. The minimum atomic E-state index is -0.176. The van der Waals surface area contributed by atoms with E-state index in [0.29, 0.717) is 0 Å². The van der Waals surface area contributed by atoms with E-state index in [4.69, 9.17) is 17.3 Å². The van der Waals surface area contributed by atoms with Gasteiger partial charge in [0.25, 0.3) is 0 Å². The van der Waals surface area contributed by atoms with Crippen LogP contribution in [0.4, 0.5) is 0 Å². The first-order chi connectivity index (χ1) is 9.60. The van der Waals surface area contributed by atoms with Gasteiger partial charge >= 0.3 is 0 Å². The molecule has 0 bridgehead atoms. The summed E-state index contributed by atoms with van der Waals surface area (Å²) >= 11 is 6.39. The number of hydrogen-bond donors (Lipinski definition) is 1. The minimum absolute atomic E-state index is 0.0168. The minimum Gasteiger partial charge on any atom is -0.369 e. The molecular formula is C16H23ClN2O. The molecule has 0 radical (unpaired) electrons. The van der Waals surface area contributed by atoms with Gasteiger partial charge < -0.3 is 5.73 Å². The number of carbonyl (C=O) groups excluding carboxylic acids is 1. The normalized spacial score (nSPS) is 23.4. The summed E-state index contributed by atoms with van der Waals surface area (Å²) in [5.74, 6) is 0.0923. The summed E-state index contributed by atoms with van der Waals surface area (Å²) in [4.78, 5) is 14.0. The van der Waals surface area contributed by atoms with Gasteiger partial charge in [0.05, 0.1) is 0 Å². The van der Waals surface area contributed by atoms with Crippen LogP contribution in [0.1, 0.15) is 38.3 Å². The average molecular weight is 295 g/mol. The molecule has 0 aromatic heterocycles. The van der Waals surface area contributed by atoms with Crippen molar-refractivity contribution in [3.8, 4) is 0 Å². The van der Waals surface area contributed by atoms with E-state index >= 15 is 0 Å². The number of rotatable bonds is 6. The van der Waals surface area contributed by atoms with E-state index < -0.39 is 0 Å². The van der Waals surface area contributed by atoms with Gasteiger partial charge in [0.15, 0.2) is 0 Å². The topological polar surface area (TPSA) is 46.3 Å². The molecule has 1 fully saturated rings. The molecular weight excluding hydrogens is 272 g/mol. The Kier molecular flexibility index (Phi) is 5.06. The van der Waals surface area contributed by atoms with Crippen molar-refractivity contribution in [1.82, 2.24) is 4.90 Å². The summed E-state index contributed by atoms with van der Waals surface area (Å²) in [6.45, 7) is 6.17. The van der Waals surface area contributed by atoms with Crippen LogP contribution in [0, 0.1) is 11.8 Å². The molecule has 20 heavy (non-hydrogen) atoms. The highest BCUT2D eigenvalue weighted by atomic mass is 35.5. The third kappa shape index (κ3) is 2.84. The number of benzene rings is 1. The number of carbonyl (C=O) groups is 1. The van der Waals surface area contributed by atoms with Crippen molar-refractivity contribution in [3.05, 3.63) is 34.9 Å². The molecule has 1 aliphatic rings. The second-order valence-corrected chi connectivity index (χ2v) is 5.84. The van der Waals surface area contributed by atoms with Crippen LogP contribution in [0.3, 0.4) is 0 Å². The second kappa shape index (κ2) is 6.59. The van der Waals surface area contributed by atoms with Crippen LogP contribution in [0.25, 0.3) is 0 Å². The van der Waals surface area contributed by atoms with Crippen molar-refractivity contribution in [2.24, 2.45) is 17.6 Å². The molecule has 2 N–H and O–H groups in total. The molecule has 1 saturated carbocycles. The monoisotopic (exact) mass is 294 g/mol. The van der Waals surface area contributed by atoms with Crippen molar-refractivity contribution in [3.63, 3.8) is 0 Å². The lowest BCUT2D eigenvalue weighted by molar-refractivity contribution is -0.129. The molecule has 1 aromatic rings. The first-order valence-electron chi connectivity index (χ1n) is 7.37. The molecule has 1 amide bonds. The zero-order valence-electron chi connectivity index (χ0n) is 12.2. The number of primary amides is 1. The van der Waals surface area contributed by atoms with Crippen LogP contribution in [0.15, 0.2) is 24.3 Å². The molecule has 0 heterocycles. The SMILES string of the molecule is CCN(CC)C(c1ccccc1Cl)C1CCC1C(N)=O. The van der Waals surface area contributed by atoms with Crippen LogP contribution >= 0.6 is 11.6 Å². The Morgan fingerprint density at radius 3 is 2.45 bits per heavy atom. The summed E-state index contributed by atoms with van der Waals surface area (Å²) in [7, 11) is 0. The number of amides is 1. The highest BCUT2D eigenvalue weighted by Crippen LogP contribution is 2.47. The zero-order chi connectivity index (χ0) is 14.7. The fourth-order valence-corrected chi connectivity index (χ4v) is 3.53. The van der Waals surface area contributed by atoms with Crippen molar-refractivity contribution >= 4 is 17.5 Å². The molecule has 4 heteroatoms. The van der Waals surface area contributed by atoms with Gasteiger partial charge in [0.2, 0.25) is 5.91 Å². The quantitative estimate of drug-likeness (QED) is 0.875. The van der Waals surface area contributed by atoms with Gasteiger partial charge in [-0.1, -0.05) is 43.6 Å². The Morgan fingerprint density at radius 1 is 1.35 bits per heavy atom. The van der Waals surface area contributed by atoms with Gasteiger partial charge in [-0.2, -0.15) is 0 Å². The van der Waals surface area contributed by atoms with E-state index in [2.05, 4.69) is 24.8 Å². The zero-order valence-corrected chi connectivity index (χ0v) is 12.9. The van der Waals surface area contributed by atoms with E-state index in [1.165, 1.54) is 0 Å². The third-order valence-electron chi connectivity index (χ3n) is 4.53. The molecule has 3 unspecified atom stereocenters. The first-order valence-corrected chi connectivity index (χ1v) is 7.75. The first kappa shape index (κ1) is 15.3. The lowest BCUT2D eigenvalue weighted by Crippen LogP contribution is -2.46. The molecule has 0 saturated heterocycles. The number of nitrogens with two attached hydrogens (primary N) is 1. The van der Waals surface area contributed by atoms with Gasteiger partial charge in [-0.05, 0) is 43.5 Å². The smallest absolute Gasteiger partial charge is 0.220 e. The molecule has 0 aliphatic heterocycles. The Labute approximate surface area is 126 Å². The molecule has 3 atom stereocenters. The fourth-order valence-electron chi connectivity index (χ4n) is 3.29. The third-order valence-corrected chi connectivity index (χ3v) is 4.87.